The molecule has 0 unspecified atom stereocenters. The van der Waals surface area contributed by atoms with E-state index in [1.807, 2.05) is 0 Å². The Bertz CT molecular complexity index is 446. The van der Waals surface area contributed by atoms with Gasteiger partial charge in [0.25, 0.3) is 5.69 Å². The van der Waals surface area contributed by atoms with E-state index in [1.54, 1.807) is 31.2 Å². The third-order valence-electron chi connectivity index (χ3n) is 2.44. The summed E-state index contributed by atoms with van der Waals surface area (Å²) >= 11 is 0. The molecule has 6 nitrogen and oxygen atoms in total. The molecule has 0 aliphatic rings. The van der Waals surface area contributed by atoms with Gasteiger partial charge in [0.2, 0.25) is 0 Å². The fourth-order valence-corrected chi connectivity index (χ4v) is 1.50. The second kappa shape index (κ2) is 6.73. The second-order valence-electron chi connectivity index (χ2n) is 3.84. The lowest BCUT2D eigenvalue weighted by atomic mass is 10.1. The van der Waals surface area contributed by atoms with E-state index in [0.29, 0.717) is 12.2 Å². The fourth-order valence-electron chi connectivity index (χ4n) is 1.50. The van der Waals surface area contributed by atoms with Crippen molar-refractivity contribution in [3.8, 4) is 0 Å². The highest BCUT2D eigenvalue weighted by Gasteiger charge is 2.14. The molecule has 0 aromatic heterocycles. The Morgan fingerprint density at radius 1 is 1.61 bits per heavy atom. The van der Waals surface area contributed by atoms with E-state index >= 15 is 0 Å². The van der Waals surface area contributed by atoms with Gasteiger partial charge in [0, 0.05) is 19.2 Å². The van der Waals surface area contributed by atoms with Crippen molar-refractivity contribution in [2.24, 2.45) is 5.73 Å². The lowest BCUT2D eigenvalue weighted by Crippen LogP contribution is -2.17. The summed E-state index contributed by atoms with van der Waals surface area (Å²) in [5, 5.41) is 23.0. The van der Waals surface area contributed by atoms with E-state index in [-0.39, 0.29) is 12.2 Å². The van der Waals surface area contributed by atoms with E-state index in [1.165, 1.54) is 6.07 Å². The molecule has 1 atom stereocenters. The highest BCUT2D eigenvalue weighted by Crippen LogP contribution is 2.27. The van der Waals surface area contributed by atoms with Crippen LogP contribution in [0.4, 0.5) is 11.4 Å². The smallest absolute Gasteiger partial charge is 0.292 e. The van der Waals surface area contributed by atoms with Gasteiger partial charge >= 0.3 is 0 Å². The van der Waals surface area contributed by atoms with Gasteiger partial charge < -0.3 is 16.2 Å². The standard InChI is InChI=1S/C12H17N3O3/c1-9-4-2-6-11(15(17)18)12(9)14-7-3-5-10(16)8-13/h2-6,10,14,16H,7-8,13H2,1H3/b5-3+/t10-/m1/s1. The highest BCUT2D eigenvalue weighted by molar-refractivity contribution is 5.66. The highest BCUT2D eigenvalue weighted by atomic mass is 16.6. The van der Waals surface area contributed by atoms with Gasteiger partial charge in [-0.3, -0.25) is 10.1 Å². The molecule has 1 rings (SSSR count). The summed E-state index contributed by atoms with van der Waals surface area (Å²) in [6, 6.07) is 4.90. The number of para-hydroxylation sites is 1. The van der Waals surface area contributed by atoms with Crippen LogP contribution in [0.25, 0.3) is 0 Å². The lowest BCUT2D eigenvalue weighted by molar-refractivity contribution is -0.384. The minimum absolute atomic E-state index is 0.0442. The minimum Gasteiger partial charge on any atom is -0.388 e. The summed E-state index contributed by atoms with van der Waals surface area (Å²) in [6.07, 6.45) is 2.56. The number of rotatable bonds is 6. The summed E-state index contributed by atoms with van der Waals surface area (Å²) in [7, 11) is 0. The van der Waals surface area contributed by atoms with Crippen LogP contribution in [-0.2, 0) is 0 Å². The molecule has 0 amide bonds. The van der Waals surface area contributed by atoms with Crippen molar-refractivity contribution in [2.75, 3.05) is 18.4 Å². The Hall–Kier alpha value is -1.92. The molecule has 0 radical (unpaired) electrons. The maximum Gasteiger partial charge on any atom is 0.292 e. The molecule has 0 saturated heterocycles. The summed E-state index contributed by atoms with van der Waals surface area (Å²) in [6.45, 7) is 2.34. The van der Waals surface area contributed by atoms with E-state index in [9.17, 15) is 15.2 Å². The van der Waals surface area contributed by atoms with Crippen molar-refractivity contribution in [2.45, 2.75) is 13.0 Å². The van der Waals surface area contributed by atoms with Crippen LogP contribution < -0.4 is 11.1 Å². The van der Waals surface area contributed by atoms with Crippen LogP contribution in [0.3, 0.4) is 0 Å². The molecule has 0 aliphatic heterocycles. The van der Waals surface area contributed by atoms with Crippen LogP contribution in [0.15, 0.2) is 30.4 Å². The predicted octanol–water partition coefficient (Wildman–Crippen LogP) is 1.19. The number of aryl methyl sites for hydroxylation is 1. The van der Waals surface area contributed by atoms with Gasteiger partial charge in [0.15, 0.2) is 0 Å². The normalized spacial score (nSPS) is 12.6. The molecule has 18 heavy (non-hydrogen) atoms. The van der Waals surface area contributed by atoms with Crippen LogP contribution in [0, 0.1) is 17.0 Å². The van der Waals surface area contributed by atoms with Crippen LogP contribution in [0.2, 0.25) is 0 Å². The summed E-state index contributed by atoms with van der Waals surface area (Å²) in [4.78, 5) is 10.4. The van der Waals surface area contributed by atoms with Crippen molar-refractivity contribution in [3.63, 3.8) is 0 Å². The number of nitrogens with one attached hydrogen (secondary N) is 1. The summed E-state index contributed by atoms with van der Waals surface area (Å²) < 4.78 is 0. The molecular weight excluding hydrogens is 234 g/mol. The summed E-state index contributed by atoms with van der Waals surface area (Å²) in [5.41, 5.74) is 6.58. The Kier molecular flexibility index (Phi) is 5.29. The first-order chi connectivity index (χ1) is 8.56. The summed E-state index contributed by atoms with van der Waals surface area (Å²) in [5.74, 6) is 0. The number of benzene rings is 1. The van der Waals surface area contributed by atoms with Crippen LogP contribution in [-0.4, -0.2) is 29.2 Å². The van der Waals surface area contributed by atoms with Crippen molar-refractivity contribution in [3.05, 3.63) is 46.0 Å². The number of hydrogen-bond donors (Lipinski definition) is 3. The predicted molar refractivity (Wildman–Crippen MR) is 70.5 cm³/mol. The van der Waals surface area contributed by atoms with Gasteiger partial charge in [-0.25, -0.2) is 0 Å². The molecule has 0 spiro atoms. The third kappa shape index (κ3) is 3.83. The van der Waals surface area contributed by atoms with Gasteiger partial charge in [-0.2, -0.15) is 0 Å². The molecule has 0 bridgehead atoms. The zero-order valence-corrected chi connectivity index (χ0v) is 10.2. The minimum atomic E-state index is -0.682. The number of nitrogens with two attached hydrogens (primary N) is 1. The SMILES string of the molecule is Cc1cccc([N+](=O)[O-])c1NC/C=C/[C@@H](O)CN. The quantitative estimate of drug-likeness (QED) is 0.400. The van der Waals surface area contributed by atoms with Crippen molar-refractivity contribution in [1.82, 2.24) is 0 Å². The Morgan fingerprint density at radius 3 is 2.94 bits per heavy atom. The maximum absolute atomic E-state index is 10.9. The number of nitro groups is 1. The molecule has 4 N–H and O–H groups in total. The molecule has 0 heterocycles. The van der Waals surface area contributed by atoms with E-state index in [4.69, 9.17) is 5.73 Å². The number of anilines is 1. The Balaban J connectivity index is 2.72. The molecule has 6 heteroatoms. The zero-order chi connectivity index (χ0) is 13.5. The third-order valence-corrected chi connectivity index (χ3v) is 2.44. The van der Waals surface area contributed by atoms with Crippen LogP contribution >= 0.6 is 0 Å². The first-order valence-corrected chi connectivity index (χ1v) is 5.59. The molecule has 0 saturated carbocycles. The zero-order valence-electron chi connectivity index (χ0n) is 10.2. The maximum atomic E-state index is 10.9. The lowest BCUT2D eigenvalue weighted by Gasteiger charge is -2.08. The number of aliphatic hydroxyl groups is 1. The van der Waals surface area contributed by atoms with Gasteiger partial charge in [-0.05, 0) is 12.5 Å². The molecule has 1 aromatic rings. The topological polar surface area (TPSA) is 101 Å². The van der Waals surface area contributed by atoms with Gasteiger partial charge in [0.1, 0.15) is 5.69 Å². The average molecular weight is 251 g/mol. The average Bonchev–Trinajstić information content (AvgIpc) is 2.35. The molecule has 1 aromatic carbocycles. The first kappa shape index (κ1) is 14.1. The van der Waals surface area contributed by atoms with E-state index < -0.39 is 11.0 Å². The van der Waals surface area contributed by atoms with Crippen LogP contribution in [0.5, 0.6) is 0 Å². The van der Waals surface area contributed by atoms with Crippen molar-refractivity contribution < 1.29 is 10.0 Å². The van der Waals surface area contributed by atoms with Gasteiger partial charge in [0.05, 0.1) is 11.0 Å². The molecule has 0 aliphatic carbocycles. The van der Waals surface area contributed by atoms with Gasteiger partial charge in [-0.1, -0.05) is 24.3 Å². The largest absolute Gasteiger partial charge is 0.388 e. The van der Waals surface area contributed by atoms with Gasteiger partial charge in [-0.15, -0.1) is 0 Å². The Labute approximate surface area is 105 Å². The first-order valence-electron chi connectivity index (χ1n) is 5.59. The fraction of sp³-hybridized carbons (Fsp3) is 0.333. The van der Waals surface area contributed by atoms with Crippen LogP contribution in [0.1, 0.15) is 5.56 Å². The number of aliphatic hydroxyl groups excluding tert-OH is 1. The number of hydrogen-bond acceptors (Lipinski definition) is 5. The van der Waals surface area contributed by atoms with Crippen molar-refractivity contribution >= 4 is 11.4 Å². The number of nitrogens with zero attached hydrogens (tertiary/aromatic N) is 1. The second-order valence-corrected chi connectivity index (χ2v) is 3.84. The van der Waals surface area contributed by atoms with Crippen molar-refractivity contribution in [1.29, 1.82) is 0 Å². The molecular formula is C12H17N3O3. The number of nitro benzene ring substituents is 1. The molecule has 98 valence electrons. The monoisotopic (exact) mass is 251 g/mol. The molecule has 0 fully saturated rings. The van der Waals surface area contributed by atoms with E-state index in [2.05, 4.69) is 5.32 Å². The van der Waals surface area contributed by atoms with E-state index in [0.717, 1.165) is 5.56 Å². The Morgan fingerprint density at radius 2 is 2.33 bits per heavy atom.